The van der Waals surface area contributed by atoms with Crippen LogP contribution < -0.4 is 0 Å². The molecule has 10 heteroatoms. The Kier molecular flexibility index (Phi) is 7.65. The van der Waals surface area contributed by atoms with Crippen LogP contribution in [0, 0.1) is 44.8 Å². The van der Waals surface area contributed by atoms with Crippen molar-refractivity contribution in [3.63, 3.8) is 0 Å². The molecule has 5 saturated carbocycles. The maximum Gasteiger partial charge on any atom is 0.187 e. The first-order valence-corrected chi connectivity index (χ1v) is 18.0. The predicted molar refractivity (Wildman–Crippen MR) is 167 cm³/mol. The lowest BCUT2D eigenvalue weighted by Crippen LogP contribution is -2.62. The second-order valence-corrected chi connectivity index (χ2v) is 18.7. The molecule has 0 aromatic heterocycles. The second kappa shape index (κ2) is 10.3. The Balaban J connectivity index is 1.12. The fourth-order valence-electron chi connectivity index (χ4n) is 13.7. The normalized spacial score (nSPS) is 59.3. The summed E-state index contributed by atoms with van der Waals surface area (Å²) < 4.78 is 18.9. The van der Waals surface area contributed by atoms with E-state index in [9.17, 15) is 35.7 Å². The van der Waals surface area contributed by atoms with E-state index < -0.39 is 66.8 Å². The van der Waals surface area contributed by atoms with Gasteiger partial charge in [0.2, 0.25) is 0 Å². The summed E-state index contributed by atoms with van der Waals surface area (Å²) in [5.74, 6) is 0.268. The van der Waals surface area contributed by atoms with Crippen molar-refractivity contribution < 1.29 is 50.0 Å². The van der Waals surface area contributed by atoms with Crippen molar-refractivity contribution in [2.45, 2.75) is 173 Å². The van der Waals surface area contributed by atoms with Gasteiger partial charge in [-0.05, 0) is 117 Å². The molecule has 17 atom stereocenters. The molecule has 5 aliphatic carbocycles. The lowest BCUT2D eigenvalue weighted by molar-refractivity contribution is -0.334. The molecule has 0 unspecified atom stereocenters. The van der Waals surface area contributed by atoms with E-state index >= 15 is 0 Å². The summed E-state index contributed by atoms with van der Waals surface area (Å²) in [6, 6.07) is 0. The highest BCUT2D eigenvalue weighted by Gasteiger charge is 2.84. The Bertz CT molecular complexity index is 1210. The van der Waals surface area contributed by atoms with Crippen LogP contribution in [-0.4, -0.2) is 109 Å². The van der Waals surface area contributed by atoms with Gasteiger partial charge in [0, 0.05) is 5.92 Å². The van der Waals surface area contributed by atoms with Crippen molar-refractivity contribution in [1.82, 2.24) is 0 Å². The third-order valence-electron chi connectivity index (χ3n) is 16.0. The zero-order valence-corrected chi connectivity index (χ0v) is 28.9. The Morgan fingerprint density at radius 1 is 0.761 bits per heavy atom. The zero-order chi connectivity index (χ0) is 33.6. The van der Waals surface area contributed by atoms with Gasteiger partial charge in [0.1, 0.15) is 24.4 Å². The molecule has 0 aromatic rings. The lowest BCUT2D eigenvalue weighted by Gasteiger charge is -2.64. The fourth-order valence-corrected chi connectivity index (χ4v) is 13.7. The molecule has 0 radical (unpaired) electrons. The van der Waals surface area contributed by atoms with Gasteiger partial charge >= 0.3 is 0 Å². The van der Waals surface area contributed by atoms with Gasteiger partial charge in [0.25, 0.3) is 0 Å². The Hall–Kier alpha value is -0.400. The summed E-state index contributed by atoms with van der Waals surface area (Å²) in [5.41, 5.74) is -2.08. The fraction of sp³-hybridized carbons (Fsp3) is 1.00. The van der Waals surface area contributed by atoms with Crippen molar-refractivity contribution in [2.75, 3.05) is 6.61 Å². The highest BCUT2D eigenvalue weighted by molar-refractivity contribution is 5.33. The number of aliphatic hydroxyl groups excluding tert-OH is 7. The van der Waals surface area contributed by atoms with Crippen LogP contribution in [0.3, 0.4) is 0 Å². The summed E-state index contributed by atoms with van der Waals surface area (Å²) in [7, 11) is 0. The second-order valence-electron chi connectivity index (χ2n) is 18.7. The van der Waals surface area contributed by atoms with Gasteiger partial charge in [0.15, 0.2) is 6.29 Å². The van der Waals surface area contributed by atoms with Crippen molar-refractivity contribution in [2.24, 2.45) is 44.8 Å². The SMILES string of the molecule is CC(C)(O[C@@H]1O[C@H](CO)[C@@H](O)[C@H](O)[C@H]1O)[C@@H]1CC[C@@](C)([C@H]2[C@@H](O)C[C@@]3(C)[C@@H]4C[C@H](O)[C@H]5C(C)(C)[C@@H](O)CC[C@@]56C[C@@]46CC[C@]23C)O1. The van der Waals surface area contributed by atoms with Crippen LogP contribution >= 0.6 is 0 Å². The van der Waals surface area contributed by atoms with Gasteiger partial charge < -0.3 is 50.0 Å². The smallest absolute Gasteiger partial charge is 0.187 e. The van der Waals surface area contributed by atoms with Crippen LogP contribution in [-0.2, 0) is 14.2 Å². The summed E-state index contributed by atoms with van der Waals surface area (Å²) in [5, 5.41) is 75.7. The number of ether oxygens (including phenoxy) is 3. The van der Waals surface area contributed by atoms with Gasteiger partial charge in [0.05, 0.1) is 42.2 Å². The van der Waals surface area contributed by atoms with E-state index in [0.29, 0.717) is 25.2 Å². The van der Waals surface area contributed by atoms with Crippen molar-refractivity contribution in [3.8, 4) is 0 Å². The van der Waals surface area contributed by atoms with E-state index in [-0.39, 0.29) is 45.0 Å². The molecule has 2 heterocycles. The van der Waals surface area contributed by atoms with Crippen LogP contribution in [0.4, 0.5) is 0 Å². The highest BCUT2D eigenvalue weighted by atomic mass is 16.7. The lowest BCUT2D eigenvalue weighted by atomic mass is 9.41. The molecule has 7 rings (SSSR count). The molecule has 0 bridgehead atoms. The van der Waals surface area contributed by atoms with Gasteiger partial charge in [-0.3, -0.25) is 0 Å². The molecule has 2 aliphatic heterocycles. The highest BCUT2D eigenvalue weighted by Crippen LogP contribution is 2.89. The molecule has 46 heavy (non-hydrogen) atoms. The maximum absolute atomic E-state index is 12.0. The average Bonchev–Trinajstić information content (AvgIpc) is 3.33. The summed E-state index contributed by atoms with van der Waals surface area (Å²) in [6.07, 6.45) is -0.859. The summed E-state index contributed by atoms with van der Waals surface area (Å²) in [4.78, 5) is 0. The molecular weight excluding hydrogens is 592 g/mol. The van der Waals surface area contributed by atoms with E-state index in [2.05, 4.69) is 34.6 Å². The van der Waals surface area contributed by atoms with Crippen molar-refractivity contribution in [3.05, 3.63) is 0 Å². The first-order valence-electron chi connectivity index (χ1n) is 18.0. The molecule has 0 aromatic carbocycles. The Labute approximate surface area is 273 Å². The van der Waals surface area contributed by atoms with Crippen LogP contribution in [0.2, 0.25) is 0 Å². The number of aliphatic hydroxyl groups is 7. The molecule has 2 saturated heterocycles. The number of hydrogen-bond acceptors (Lipinski definition) is 10. The van der Waals surface area contributed by atoms with E-state index in [1.165, 1.54) is 0 Å². The molecule has 0 amide bonds. The molecule has 10 nitrogen and oxygen atoms in total. The zero-order valence-electron chi connectivity index (χ0n) is 28.9. The molecule has 264 valence electrons. The quantitative estimate of drug-likeness (QED) is 0.234. The summed E-state index contributed by atoms with van der Waals surface area (Å²) in [6.45, 7) is 14.4. The van der Waals surface area contributed by atoms with E-state index in [4.69, 9.17) is 14.2 Å². The predicted octanol–water partition coefficient (Wildman–Crippen LogP) is 2.26. The molecule has 7 fully saturated rings. The minimum atomic E-state index is -1.52. The summed E-state index contributed by atoms with van der Waals surface area (Å²) >= 11 is 0. The largest absolute Gasteiger partial charge is 0.394 e. The first-order chi connectivity index (χ1) is 21.2. The monoisotopic (exact) mass is 652 g/mol. The van der Waals surface area contributed by atoms with Crippen LogP contribution in [0.1, 0.15) is 106 Å². The van der Waals surface area contributed by atoms with Crippen molar-refractivity contribution >= 4 is 0 Å². The third kappa shape index (κ3) is 4.18. The number of fused-ring (bicyclic) bond motifs is 2. The van der Waals surface area contributed by atoms with Crippen LogP contribution in [0.15, 0.2) is 0 Å². The average molecular weight is 653 g/mol. The number of hydrogen-bond donors (Lipinski definition) is 7. The van der Waals surface area contributed by atoms with E-state index in [1.54, 1.807) is 0 Å². The molecule has 2 spiro atoms. The van der Waals surface area contributed by atoms with Gasteiger partial charge in [-0.25, -0.2) is 0 Å². The van der Waals surface area contributed by atoms with Crippen LogP contribution in [0.5, 0.6) is 0 Å². The molecule has 7 aliphatic rings. The topological polar surface area (TPSA) is 169 Å². The third-order valence-corrected chi connectivity index (χ3v) is 16.0. The van der Waals surface area contributed by atoms with Crippen LogP contribution in [0.25, 0.3) is 0 Å². The Morgan fingerprint density at radius 2 is 1.46 bits per heavy atom. The molecular formula is C36H60O10. The van der Waals surface area contributed by atoms with Crippen molar-refractivity contribution in [1.29, 1.82) is 0 Å². The van der Waals surface area contributed by atoms with E-state index in [0.717, 1.165) is 38.5 Å². The maximum atomic E-state index is 12.0. The van der Waals surface area contributed by atoms with Gasteiger partial charge in [-0.1, -0.05) is 27.7 Å². The Morgan fingerprint density at radius 3 is 2.13 bits per heavy atom. The van der Waals surface area contributed by atoms with Gasteiger partial charge in [-0.15, -0.1) is 0 Å². The molecule has 7 N–H and O–H groups in total. The van der Waals surface area contributed by atoms with Gasteiger partial charge in [-0.2, -0.15) is 0 Å². The first kappa shape index (κ1) is 34.1. The minimum Gasteiger partial charge on any atom is -0.394 e. The van der Waals surface area contributed by atoms with E-state index in [1.807, 2.05) is 13.8 Å². The minimum absolute atomic E-state index is 0.0655. The number of rotatable bonds is 5. The standard InChI is InChI=1S/C36H60O10/c1-30(2)22(40)8-11-36-17-35(36)13-12-32(5)28(19(39)15-33(32,6)21(35)14-18(38)27(30)36)34(7)10-9-23(45-34)31(3,4)46-29-26(43)25(42)24(41)20(16-37)44-29/h18-29,37-43H,8-17H2,1-7H3/t18-,19-,20+,21-,22-,23-,24+,25-,26+,27-,28-,29-,32+,33-,34-,35-,36+/m0/s1.